The molecular weight excluding hydrogens is 388 g/mol. The van der Waals surface area contributed by atoms with Gasteiger partial charge in [-0.2, -0.15) is 4.31 Å². The highest BCUT2D eigenvalue weighted by molar-refractivity contribution is 7.92. The van der Waals surface area contributed by atoms with E-state index in [0.717, 1.165) is 11.1 Å². The minimum atomic E-state index is -3.44. The number of hydrogen-bond donors (Lipinski definition) is 1. The van der Waals surface area contributed by atoms with E-state index in [2.05, 4.69) is 4.90 Å². The van der Waals surface area contributed by atoms with Crippen molar-refractivity contribution in [3.63, 3.8) is 0 Å². The van der Waals surface area contributed by atoms with Crippen molar-refractivity contribution in [1.82, 2.24) is 9.21 Å². The van der Waals surface area contributed by atoms with Crippen LogP contribution in [0, 0.1) is 0 Å². The summed E-state index contributed by atoms with van der Waals surface area (Å²) in [4.78, 5) is 2.07. The number of aliphatic hydroxyl groups is 1. The van der Waals surface area contributed by atoms with Gasteiger partial charge in [0.05, 0.1) is 19.3 Å². The third-order valence-corrected chi connectivity index (χ3v) is 6.38. The number of β-amino-alcohol motifs (C(OH)–C–C–N with tert-alkyl or cyclic N) is 1. The van der Waals surface area contributed by atoms with Gasteiger partial charge in [-0.3, -0.25) is 4.90 Å². The fourth-order valence-corrected chi connectivity index (χ4v) is 4.39. The molecule has 1 atom stereocenters. The maximum absolute atomic E-state index is 12.5. The molecule has 29 heavy (non-hydrogen) atoms. The Morgan fingerprint density at radius 3 is 2.24 bits per heavy atom. The van der Waals surface area contributed by atoms with Crippen LogP contribution in [0.4, 0.5) is 0 Å². The number of rotatable bonds is 9. The van der Waals surface area contributed by atoms with E-state index in [-0.39, 0.29) is 6.61 Å². The van der Waals surface area contributed by atoms with Crippen molar-refractivity contribution in [2.45, 2.75) is 12.7 Å². The Balaban J connectivity index is 1.39. The summed E-state index contributed by atoms with van der Waals surface area (Å²) in [6.07, 6.45) is 1.02. The van der Waals surface area contributed by atoms with Crippen molar-refractivity contribution < 1.29 is 18.3 Å². The van der Waals surface area contributed by atoms with Crippen LogP contribution < -0.4 is 0 Å². The lowest BCUT2D eigenvalue weighted by Gasteiger charge is -2.34. The van der Waals surface area contributed by atoms with Crippen LogP contribution in [-0.4, -0.2) is 68.2 Å². The number of hydrogen-bond acceptors (Lipinski definition) is 5. The Morgan fingerprint density at radius 2 is 1.59 bits per heavy atom. The van der Waals surface area contributed by atoms with Crippen molar-refractivity contribution >= 4 is 16.1 Å². The summed E-state index contributed by atoms with van der Waals surface area (Å²) in [6.45, 7) is 3.22. The summed E-state index contributed by atoms with van der Waals surface area (Å²) < 4.78 is 32.1. The average molecular weight is 417 g/mol. The van der Waals surface area contributed by atoms with E-state index >= 15 is 0 Å². The van der Waals surface area contributed by atoms with E-state index in [0.29, 0.717) is 39.3 Å². The fraction of sp³-hybridized carbons (Fsp3) is 0.364. The number of benzene rings is 2. The molecule has 1 unspecified atom stereocenters. The molecule has 3 rings (SSSR count). The lowest BCUT2D eigenvalue weighted by atomic mass is 10.2. The molecule has 0 bridgehead atoms. The third-order valence-electron chi connectivity index (χ3n) is 4.81. The second kappa shape index (κ2) is 10.7. The van der Waals surface area contributed by atoms with Crippen molar-refractivity contribution in [3.05, 3.63) is 77.2 Å². The average Bonchev–Trinajstić information content (AvgIpc) is 2.74. The summed E-state index contributed by atoms with van der Waals surface area (Å²) in [5, 5.41) is 11.5. The molecule has 1 aliphatic rings. The molecule has 7 heteroatoms. The second-order valence-electron chi connectivity index (χ2n) is 7.11. The molecular formula is C22H28N2O4S. The SMILES string of the molecule is O=S(=O)(/C=C/c1ccccc1)N1CCN(CC(O)COCc2ccccc2)CC1. The normalized spacial score (nSPS) is 17.6. The first-order valence-corrected chi connectivity index (χ1v) is 11.3. The van der Waals surface area contributed by atoms with Gasteiger partial charge in [0.15, 0.2) is 0 Å². The highest BCUT2D eigenvalue weighted by Crippen LogP contribution is 2.12. The molecule has 1 saturated heterocycles. The summed E-state index contributed by atoms with van der Waals surface area (Å²) in [5.41, 5.74) is 1.93. The number of aliphatic hydroxyl groups excluding tert-OH is 1. The molecule has 0 aromatic heterocycles. The molecule has 1 aliphatic heterocycles. The minimum absolute atomic E-state index is 0.257. The number of sulfonamides is 1. The van der Waals surface area contributed by atoms with Crippen molar-refractivity contribution in [2.24, 2.45) is 0 Å². The highest BCUT2D eigenvalue weighted by atomic mass is 32.2. The lowest BCUT2D eigenvalue weighted by Crippen LogP contribution is -2.50. The molecule has 0 amide bonds. The first-order valence-electron chi connectivity index (χ1n) is 9.78. The van der Waals surface area contributed by atoms with Gasteiger partial charge in [0.1, 0.15) is 0 Å². The first-order chi connectivity index (χ1) is 14.0. The van der Waals surface area contributed by atoms with E-state index < -0.39 is 16.1 Å². The maximum atomic E-state index is 12.5. The van der Waals surface area contributed by atoms with Gasteiger partial charge in [0.25, 0.3) is 0 Å². The smallest absolute Gasteiger partial charge is 0.236 e. The van der Waals surface area contributed by atoms with Gasteiger partial charge >= 0.3 is 0 Å². The molecule has 0 spiro atoms. The molecule has 1 N–H and O–H groups in total. The topological polar surface area (TPSA) is 70.1 Å². The van der Waals surface area contributed by atoms with Gasteiger partial charge in [-0.15, -0.1) is 0 Å². The third kappa shape index (κ3) is 7.06. The van der Waals surface area contributed by atoms with Crippen LogP contribution in [0.3, 0.4) is 0 Å². The van der Waals surface area contributed by atoms with Crippen LogP contribution in [-0.2, 0) is 21.4 Å². The van der Waals surface area contributed by atoms with Crippen molar-refractivity contribution in [1.29, 1.82) is 0 Å². The van der Waals surface area contributed by atoms with Crippen LogP contribution in [0.1, 0.15) is 11.1 Å². The van der Waals surface area contributed by atoms with Crippen molar-refractivity contribution in [2.75, 3.05) is 39.3 Å². The van der Waals surface area contributed by atoms with Crippen LogP contribution in [0.5, 0.6) is 0 Å². The van der Waals surface area contributed by atoms with Gasteiger partial charge < -0.3 is 9.84 Å². The zero-order valence-corrected chi connectivity index (χ0v) is 17.2. The molecule has 0 aliphatic carbocycles. The predicted molar refractivity (Wildman–Crippen MR) is 115 cm³/mol. The lowest BCUT2D eigenvalue weighted by molar-refractivity contribution is 0.00543. The zero-order valence-electron chi connectivity index (χ0n) is 16.4. The number of nitrogens with zero attached hydrogens (tertiary/aromatic N) is 2. The van der Waals surface area contributed by atoms with Gasteiger partial charge in [0.2, 0.25) is 10.0 Å². The van der Waals surface area contributed by atoms with Crippen LogP contribution in [0.2, 0.25) is 0 Å². The molecule has 1 fully saturated rings. The predicted octanol–water partition coefficient (Wildman–Crippen LogP) is 2.18. The van der Waals surface area contributed by atoms with Gasteiger partial charge in [0, 0.05) is 38.1 Å². The van der Waals surface area contributed by atoms with E-state index in [4.69, 9.17) is 4.74 Å². The standard InChI is InChI=1S/C22H28N2O4S/c25-22(19-28-18-21-9-5-2-6-10-21)17-23-12-14-24(15-13-23)29(26,27)16-11-20-7-3-1-4-8-20/h1-11,16,22,25H,12-15,17-19H2/b16-11+. The molecule has 156 valence electrons. The Morgan fingerprint density at radius 1 is 0.966 bits per heavy atom. The quantitative estimate of drug-likeness (QED) is 0.679. The summed E-state index contributed by atoms with van der Waals surface area (Å²) >= 11 is 0. The minimum Gasteiger partial charge on any atom is -0.389 e. The van der Waals surface area contributed by atoms with Crippen LogP contribution in [0.25, 0.3) is 6.08 Å². The van der Waals surface area contributed by atoms with Crippen LogP contribution >= 0.6 is 0 Å². The van der Waals surface area contributed by atoms with E-state index in [1.54, 1.807) is 6.08 Å². The Hall–Kier alpha value is -2.03. The summed E-state index contributed by atoms with van der Waals surface area (Å²) in [6, 6.07) is 19.2. The Kier molecular flexibility index (Phi) is 7.97. The number of piperazine rings is 1. The molecule has 0 saturated carbocycles. The van der Waals surface area contributed by atoms with E-state index in [1.807, 2.05) is 60.7 Å². The largest absolute Gasteiger partial charge is 0.389 e. The van der Waals surface area contributed by atoms with Crippen LogP contribution in [0.15, 0.2) is 66.1 Å². The Bertz CT molecular complexity index is 864. The molecule has 0 radical (unpaired) electrons. The van der Waals surface area contributed by atoms with Gasteiger partial charge in [-0.25, -0.2) is 8.42 Å². The number of ether oxygens (including phenoxy) is 1. The molecule has 1 heterocycles. The van der Waals surface area contributed by atoms with Gasteiger partial charge in [-0.1, -0.05) is 60.7 Å². The Labute approximate surface area is 173 Å². The highest BCUT2D eigenvalue weighted by Gasteiger charge is 2.25. The molecule has 2 aromatic rings. The zero-order chi connectivity index (χ0) is 20.5. The van der Waals surface area contributed by atoms with Crippen molar-refractivity contribution in [3.8, 4) is 0 Å². The van der Waals surface area contributed by atoms with Gasteiger partial charge in [-0.05, 0) is 17.2 Å². The summed E-state index contributed by atoms with van der Waals surface area (Å²) in [5.74, 6) is 0. The monoisotopic (exact) mass is 416 g/mol. The van der Waals surface area contributed by atoms with E-state index in [9.17, 15) is 13.5 Å². The maximum Gasteiger partial charge on any atom is 0.236 e. The summed E-state index contributed by atoms with van der Waals surface area (Å²) in [7, 11) is -3.44. The molecule has 2 aromatic carbocycles. The first kappa shape index (κ1) is 21.7. The molecule has 6 nitrogen and oxygen atoms in total. The second-order valence-corrected chi connectivity index (χ2v) is 8.93. The van der Waals surface area contributed by atoms with E-state index in [1.165, 1.54) is 9.71 Å². The fourth-order valence-electron chi connectivity index (χ4n) is 3.22.